The van der Waals surface area contributed by atoms with Gasteiger partial charge in [0.15, 0.2) is 0 Å². The lowest BCUT2D eigenvalue weighted by Gasteiger charge is -2.05. The number of carbonyl (C=O) groups excluding carboxylic acids is 2. The highest BCUT2D eigenvalue weighted by atomic mass is 16.5. The van der Waals surface area contributed by atoms with Crippen molar-refractivity contribution < 1.29 is 19.4 Å². The Morgan fingerprint density at radius 1 is 0.682 bits per heavy atom. The Morgan fingerprint density at radius 2 is 1.18 bits per heavy atom. The van der Waals surface area contributed by atoms with E-state index in [1.54, 1.807) is 0 Å². The molecule has 4 heteroatoms. The molecule has 0 amide bonds. The van der Waals surface area contributed by atoms with E-state index in [0.717, 1.165) is 57.8 Å². The quantitative estimate of drug-likeness (QED) is 0.298. The van der Waals surface area contributed by atoms with Crippen molar-refractivity contribution in [1.29, 1.82) is 0 Å². The molecule has 0 fully saturated rings. The summed E-state index contributed by atoms with van der Waals surface area (Å²) in [5, 5.41) is 10.2. The van der Waals surface area contributed by atoms with Gasteiger partial charge in [0.25, 0.3) is 0 Å². The van der Waals surface area contributed by atoms with Crippen molar-refractivity contribution in [1.82, 2.24) is 0 Å². The highest BCUT2D eigenvalue weighted by molar-refractivity contribution is 5.69. The van der Waals surface area contributed by atoms with Gasteiger partial charge in [-0.3, -0.25) is 4.79 Å². The highest BCUT2D eigenvalue weighted by Gasteiger charge is 2.02. The van der Waals surface area contributed by atoms with Crippen LogP contribution in [0.4, 0.5) is 0 Å². The van der Waals surface area contributed by atoms with Crippen molar-refractivity contribution in [3.8, 4) is 0 Å². The second-order valence-corrected chi connectivity index (χ2v) is 5.98. The number of unbranched alkanes of at least 4 members (excludes halogenated alkanes) is 10. The minimum Gasteiger partial charge on any atom is -0.466 e. The van der Waals surface area contributed by atoms with E-state index in [4.69, 9.17) is 4.74 Å². The normalized spacial score (nSPS) is 10.6. The monoisotopic (exact) mass is 313 g/mol. The molecule has 0 saturated heterocycles. The van der Waals surface area contributed by atoms with E-state index >= 15 is 0 Å². The first-order chi connectivity index (χ1) is 10.7. The Hall–Kier alpha value is -1.06. The molecule has 0 aliphatic rings. The van der Waals surface area contributed by atoms with E-state index in [-0.39, 0.29) is 12.4 Å². The molecule has 0 N–H and O–H groups in total. The van der Waals surface area contributed by atoms with Crippen molar-refractivity contribution in [2.75, 3.05) is 6.61 Å². The van der Waals surface area contributed by atoms with E-state index in [2.05, 4.69) is 6.92 Å². The summed E-state index contributed by atoms with van der Waals surface area (Å²) in [6.07, 6.45) is 13.5. The topological polar surface area (TPSA) is 63.3 Å². The zero-order valence-electron chi connectivity index (χ0n) is 14.2. The smallest absolute Gasteiger partial charge is 0.355 e. The first-order valence-corrected chi connectivity index (χ1v) is 9.02. The molecule has 4 nitrogen and oxygen atoms in total. The molecule has 0 spiro atoms. The van der Waals surface area contributed by atoms with E-state index < -0.39 is 5.97 Å². The van der Waals surface area contributed by atoms with Gasteiger partial charge in [0.05, 0.1) is 13.0 Å². The molecule has 0 aromatic rings. The molecule has 22 heavy (non-hydrogen) atoms. The number of rotatable bonds is 16. The van der Waals surface area contributed by atoms with E-state index in [0.29, 0.717) is 13.0 Å². The van der Waals surface area contributed by atoms with Crippen LogP contribution >= 0.6 is 0 Å². The summed E-state index contributed by atoms with van der Waals surface area (Å²) in [7, 11) is 0. The summed E-state index contributed by atoms with van der Waals surface area (Å²) >= 11 is 0. The van der Waals surface area contributed by atoms with Gasteiger partial charge in [-0.05, 0) is 19.3 Å². The van der Waals surface area contributed by atoms with Gasteiger partial charge in [0, 0.05) is 6.42 Å². The van der Waals surface area contributed by atoms with Crippen molar-refractivity contribution in [3.05, 3.63) is 0 Å². The first kappa shape index (κ1) is 20.9. The van der Waals surface area contributed by atoms with Gasteiger partial charge in [-0.2, -0.15) is 0 Å². The molecule has 0 bridgehead atoms. The fraction of sp³-hybridized carbons (Fsp3) is 0.889. The maximum atomic E-state index is 11.5. The van der Waals surface area contributed by atoms with Crippen LogP contribution in [-0.4, -0.2) is 18.5 Å². The van der Waals surface area contributed by atoms with Gasteiger partial charge in [0.2, 0.25) is 0 Å². The van der Waals surface area contributed by atoms with Crippen molar-refractivity contribution in [2.45, 2.75) is 96.8 Å². The van der Waals surface area contributed by atoms with Crippen molar-refractivity contribution in [3.63, 3.8) is 0 Å². The van der Waals surface area contributed by atoms with E-state index in [1.165, 1.54) is 19.3 Å². The van der Waals surface area contributed by atoms with E-state index in [9.17, 15) is 14.7 Å². The van der Waals surface area contributed by atoms with Crippen LogP contribution in [0, 0.1) is 0 Å². The van der Waals surface area contributed by atoms with Gasteiger partial charge < -0.3 is 4.74 Å². The maximum absolute atomic E-state index is 11.5. The van der Waals surface area contributed by atoms with Gasteiger partial charge in [0.1, 0.15) is 0 Å². The fourth-order valence-corrected chi connectivity index (χ4v) is 2.39. The zero-order chi connectivity index (χ0) is 16.5. The Morgan fingerprint density at radius 3 is 1.77 bits per heavy atom. The molecule has 0 aromatic heterocycles. The molecule has 0 saturated carbocycles. The predicted octanol–water partition coefficient (Wildman–Crippen LogP) is 4.97. The van der Waals surface area contributed by atoms with Crippen LogP contribution in [0.25, 0.3) is 0 Å². The molecular formula is C18H33O4. The Bertz CT molecular complexity index is 276. The molecular weight excluding hydrogens is 280 g/mol. The lowest BCUT2D eigenvalue weighted by molar-refractivity contribution is -0.144. The fourth-order valence-electron chi connectivity index (χ4n) is 2.39. The maximum Gasteiger partial charge on any atom is 0.355 e. The third-order valence-electron chi connectivity index (χ3n) is 3.77. The number of carbonyl (C=O) groups is 2. The van der Waals surface area contributed by atoms with Crippen LogP contribution in [0.1, 0.15) is 96.8 Å². The number of ether oxygens (including phenoxy) is 1. The number of esters is 1. The average Bonchev–Trinajstić information content (AvgIpc) is 2.48. The molecule has 0 aliphatic carbocycles. The summed E-state index contributed by atoms with van der Waals surface area (Å²) in [6.45, 7) is 2.72. The van der Waals surface area contributed by atoms with Crippen LogP contribution in [-0.2, 0) is 19.4 Å². The molecule has 0 heterocycles. The second-order valence-electron chi connectivity index (χ2n) is 5.98. The Labute approximate surface area is 135 Å². The third kappa shape index (κ3) is 17.0. The van der Waals surface area contributed by atoms with Crippen LogP contribution in [0.3, 0.4) is 0 Å². The molecule has 0 rings (SSSR count). The third-order valence-corrected chi connectivity index (χ3v) is 3.77. The number of hydrogen-bond donors (Lipinski definition) is 0. The van der Waals surface area contributed by atoms with Gasteiger partial charge in [-0.25, -0.2) is 9.90 Å². The molecule has 0 aromatic carbocycles. The average molecular weight is 313 g/mol. The summed E-state index contributed by atoms with van der Waals surface area (Å²) in [5.74, 6) is -1.01. The minimum absolute atomic E-state index is 0.0567. The largest absolute Gasteiger partial charge is 0.466 e. The lowest BCUT2D eigenvalue weighted by Crippen LogP contribution is -2.05. The summed E-state index contributed by atoms with van der Waals surface area (Å²) < 4.78 is 5.21. The molecule has 1 radical (unpaired) electrons. The standard InChI is InChI=1S/C18H33O4/c1-2-3-4-8-12-15-18(21)22-16-13-10-7-5-6-9-11-14-17(19)20/h2-16H2,1H3. The van der Waals surface area contributed by atoms with Gasteiger partial charge in [-0.15, -0.1) is 0 Å². The van der Waals surface area contributed by atoms with Gasteiger partial charge >= 0.3 is 11.9 Å². The Balaban J connectivity index is 3.15. The van der Waals surface area contributed by atoms with Crippen molar-refractivity contribution in [2.24, 2.45) is 0 Å². The minimum atomic E-state index is -0.952. The molecule has 0 atom stereocenters. The second kappa shape index (κ2) is 16.3. The van der Waals surface area contributed by atoms with Crippen LogP contribution in [0.15, 0.2) is 0 Å². The SMILES string of the molecule is CCCCCCCC(=O)OCCCCCCCCCC([O])=O. The first-order valence-electron chi connectivity index (χ1n) is 9.02. The Kier molecular flexibility index (Phi) is 15.5. The highest BCUT2D eigenvalue weighted by Crippen LogP contribution is 2.09. The lowest BCUT2D eigenvalue weighted by atomic mass is 10.1. The van der Waals surface area contributed by atoms with Crippen molar-refractivity contribution >= 4 is 11.9 Å². The molecule has 129 valence electrons. The summed E-state index contributed by atoms with van der Waals surface area (Å²) in [4.78, 5) is 21.7. The van der Waals surface area contributed by atoms with E-state index in [1.807, 2.05) is 0 Å². The van der Waals surface area contributed by atoms with Gasteiger partial charge in [-0.1, -0.05) is 64.7 Å². The summed E-state index contributed by atoms with van der Waals surface area (Å²) in [6, 6.07) is 0. The molecule has 0 aliphatic heterocycles. The zero-order valence-corrected chi connectivity index (χ0v) is 14.2. The van der Waals surface area contributed by atoms with Crippen LogP contribution in [0.5, 0.6) is 0 Å². The number of hydrogen-bond acceptors (Lipinski definition) is 3. The van der Waals surface area contributed by atoms with Crippen LogP contribution in [0.2, 0.25) is 0 Å². The molecule has 0 unspecified atom stereocenters. The van der Waals surface area contributed by atoms with Crippen LogP contribution < -0.4 is 0 Å². The predicted molar refractivity (Wildman–Crippen MR) is 87.0 cm³/mol. The summed E-state index contributed by atoms with van der Waals surface area (Å²) in [5.41, 5.74) is 0.